The fourth-order valence-corrected chi connectivity index (χ4v) is 4.67. The highest BCUT2D eigenvalue weighted by Crippen LogP contribution is 2.37. The standard InChI is InChI=1S/C19H19N3O2S/c23-19(24)15-8-3-4-11-22(15)17(13-6-5-10-20-12-13)18-21-14-7-1-2-9-16(14)25-18/h1-2,5-7,9-10,12,15,17H,3-4,8,11H2,(H,23,24). The maximum atomic E-state index is 11.8. The van der Waals surface area contributed by atoms with Crippen molar-refractivity contribution in [3.8, 4) is 0 Å². The van der Waals surface area contributed by atoms with Crippen molar-refractivity contribution in [2.45, 2.75) is 31.3 Å². The summed E-state index contributed by atoms with van der Waals surface area (Å²) in [7, 11) is 0. The van der Waals surface area contributed by atoms with E-state index in [-0.39, 0.29) is 6.04 Å². The Balaban J connectivity index is 1.82. The Labute approximate surface area is 150 Å². The number of carbonyl (C=O) groups is 1. The molecule has 0 aliphatic carbocycles. The number of aromatic nitrogens is 2. The van der Waals surface area contributed by atoms with E-state index in [1.807, 2.05) is 36.5 Å². The Morgan fingerprint density at radius 3 is 2.88 bits per heavy atom. The SMILES string of the molecule is O=C(O)C1CCCCN1C(c1cccnc1)c1nc2ccccc2s1. The van der Waals surface area contributed by atoms with Crippen LogP contribution in [0.4, 0.5) is 0 Å². The quantitative estimate of drug-likeness (QED) is 0.774. The van der Waals surface area contributed by atoms with E-state index >= 15 is 0 Å². The van der Waals surface area contributed by atoms with E-state index in [0.29, 0.717) is 6.42 Å². The average Bonchev–Trinajstić information content (AvgIpc) is 3.06. The van der Waals surface area contributed by atoms with Gasteiger partial charge in [0.2, 0.25) is 0 Å². The lowest BCUT2D eigenvalue weighted by Crippen LogP contribution is -2.46. The van der Waals surface area contributed by atoms with E-state index in [1.165, 1.54) is 0 Å². The third kappa shape index (κ3) is 3.15. The molecule has 3 aromatic rings. The molecule has 1 aliphatic rings. The van der Waals surface area contributed by atoms with Gasteiger partial charge in [-0.05, 0) is 36.6 Å². The average molecular weight is 353 g/mol. The number of rotatable bonds is 4. The molecule has 6 heteroatoms. The first-order valence-corrected chi connectivity index (χ1v) is 9.29. The second kappa shape index (κ2) is 6.90. The number of hydrogen-bond acceptors (Lipinski definition) is 5. The molecule has 1 aliphatic heterocycles. The summed E-state index contributed by atoms with van der Waals surface area (Å²) in [5, 5.41) is 10.6. The molecule has 0 spiro atoms. The Morgan fingerprint density at radius 1 is 1.24 bits per heavy atom. The van der Waals surface area contributed by atoms with Crippen LogP contribution in [0.15, 0.2) is 48.8 Å². The van der Waals surface area contributed by atoms with Crippen molar-refractivity contribution < 1.29 is 9.90 Å². The third-order valence-electron chi connectivity index (χ3n) is 4.71. The number of thiazole rings is 1. The molecule has 4 rings (SSSR count). The molecule has 0 amide bonds. The molecular weight excluding hydrogens is 334 g/mol. The molecule has 0 saturated carbocycles. The zero-order valence-electron chi connectivity index (χ0n) is 13.7. The molecule has 128 valence electrons. The molecule has 25 heavy (non-hydrogen) atoms. The van der Waals surface area contributed by atoms with Crippen molar-refractivity contribution in [2.75, 3.05) is 6.54 Å². The minimum Gasteiger partial charge on any atom is -0.480 e. The minimum atomic E-state index is -0.755. The minimum absolute atomic E-state index is 0.174. The van der Waals surface area contributed by atoms with Gasteiger partial charge in [0.15, 0.2) is 0 Å². The van der Waals surface area contributed by atoms with Gasteiger partial charge in [-0.3, -0.25) is 14.7 Å². The number of likely N-dealkylation sites (tertiary alicyclic amines) is 1. The van der Waals surface area contributed by atoms with Crippen LogP contribution in [0.2, 0.25) is 0 Å². The van der Waals surface area contributed by atoms with Crippen LogP contribution in [0.3, 0.4) is 0 Å². The van der Waals surface area contributed by atoms with Crippen LogP contribution < -0.4 is 0 Å². The topological polar surface area (TPSA) is 66.3 Å². The molecule has 2 atom stereocenters. The number of hydrogen-bond donors (Lipinski definition) is 1. The van der Waals surface area contributed by atoms with Crippen molar-refractivity contribution in [3.05, 3.63) is 59.4 Å². The van der Waals surface area contributed by atoms with Gasteiger partial charge in [0.25, 0.3) is 0 Å². The summed E-state index contributed by atoms with van der Waals surface area (Å²) in [5.41, 5.74) is 1.95. The number of benzene rings is 1. The number of piperidine rings is 1. The second-order valence-corrected chi connectivity index (χ2v) is 7.36. The van der Waals surface area contributed by atoms with Crippen LogP contribution in [-0.4, -0.2) is 38.5 Å². The van der Waals surface area contributed by atoms with Gasteiger partial charge in [-0.15, -0.1) is 11.3 Å². The van der Waals surface area contributed by atoms with E-state index in [9.17, 15) is 9.90 Å². The number of pyridine rings is 1. The number of aliphatic carboxylic acids is 1. The fourth-order valence-electron chi connectivity index (χ4n) is 3.55. The zero-order chi connectivity index (χ0) is 17.2. The molecule has 1 N–H and O–H groups in total. The van der Waals surface area contributed by atoms with Crippen LogP contribution in [-0.2, 0) is 4.79 Å². The molecule has 1 saturated heterocycles. The maximum absolute atomic E-state index is 11.8. The van der Waals surface area contributed by atoms with Gasteiger partial charge in [-0.2, -0.15) is 0 Å². The van der Waals surface area contributed by atoms with Crippen LogP contribution in [0.5, 0.6) is 0 Å². The molecule has 1 aromatic carbocycles. The summed E-state index contributed by atoms with van der Waals surface area (Å²) < 4.78 is 1.12. The van der Waals surface area contributed by atoms with Gasteiger partial charge in [0.1, 0.15) is 11.0 Å². The largest absolute Gasteiger partial charge is 0.480 e. The highest BCUT2D eigenvalue weighted by Gasteiger charge is 2.36. The molecular formula is C19H19N3O2S. The van der Waals surface area contributed by atoms with Gasteiger partial charge in [0.05, 0.1) is 16.3 Å². The van der Waals surface area contributed by atoms with Gasteiger partial charge in [-0.25, -0.2) is 4.98 Å². The van der Waals surface area contributed by atoms with Crippen molar-refractivity contribution in [1.29, 1.82) is 0 Å². The first-order valence-electron chi connectivity index (χ1n) is 8.48. The van der Waals surface area contributed by atoms with Gasteiger partial charge >= 0.3 is 5.97 Å². The molecule has 1 fully saturated rings. The normalized spacial score (nSPS) is 19.8. The van der Waals surface area contributed by atoms with E-state index in [0.717, 1.165) is 40.2 Å². The fraction of sp³-hybridized carbons (Fsp3) is 0.316. The van der Waals surface area contributed by atoms with Crippen LogP contribution in [0.1, 0.15) is 35.9 Å². The number of carboxylic acids is 1. The summed E-state index contributed by atoms with van der Waals surface area (Å²) in [6.45, 7) is 0.756. The van der Waals surface area contributed by atoms with E-state index in [4.69, 9.17) is 4.98 Å². The molecule has 0 bridgehead atoms. The lowest BCUT2D eigenvalue weighted by molar-refractivity contribution is -0.145. The molecule has 5 nitrogen and oxygen atoms in total. The molecule has 2 aromatic heterocycles. The van der Waals surface area contributed by atoms with Gasteiger partial charge in [-0.1, -0.05) is 24.6 Å². The Bertz CT molecular complexity index is 848. The van der Waals surface area contributed by atoms with Crippen molar-refractivity contribution in [1.82, 2.24) is 14.9 Å². The maximum Gasteiger partial charge on any atom is 0.320 e. The van der Waals surface area contributed by atoms with Crippen molar-refractivity contribution in [3.63, 3.8) is 0 Å². The van der Waals surface area contributed by atoms with E-state index in [2.05, 4.69) is 16.0 Å². The number of nitrogens with zero attached hydrogens (tertiary/aromatic N) is 3. The predicted molar refractivity (Wildman–Crippen MR) is 97.7 cm³/mol. The van der Waals surface area contributed by atoms with Crippen LogP contribution in [0.25, 0.3) is 10.2 Å². The molecule has 2 unspecified atom stereocenters. The first-order chi connectivity index (χ1) is 12.2. The summed E-state index contributed by atoms with van der Waals surface area (Å²) in [6.07, 6.45) is 6.20. The Hall–Kier alpha value is -2.31. The smallest absolute Gasteiger partial charge is 0.320 e. The Morgan fingerprint density at radius 2 is 2.12 bits per heavy atom. The van der Waals surface area contributed by atoms with E-state index < -0.39 is 12.0 Å². The van der Waals surface area contributed by atoms with Crippen molar-refractivity contribution in [2.24, 2.45) is 0 Å². The number of fused-ring (bicyclic) bond motifs is 1. The highest BCUT2D eigenvalue weighted by molar-refractivity contribution is 7.18. The third-order valence-corrected chi connectivity index (χ3v) is 5.79. The highest BCUT2D eigenvalue weighted by atomic mass is 32.1. The predicted octanol–water partition coefficient (Wildman–Crippen LogP) is 3.72. The van der Waals surface area contributed by atoms with Crippen molar-refractivity contribution >= 4 is 27.5 Å². The molecule has 3 heterocycles. The zero-order valence-corrected chi connectivity index (χ0v) is 14.5. The lowest BCUT2D eigenvalue weighted by Gasteiger charge is -2.38. The summed E-state index contributed by atoms with van der Waals surface area (Å²) in [5.74, 6) is -0.755. The van der Waals surface area contributed by atoms with E-state index in [1.54, 1.807) is 17.5 Å². The number of para-hydroxylation sites is 1. The monoisotopic (exact) mass is 353 g/mol. The summed E-state index contributed by atoms with van der Waals surface area (Å²) in [6, 6.07) is 11.3. The molecule has 0 radical (unpaired) electrons. The van der Waals surface area contributed by atoms with Crippen LogP contribution >= 0.6 is 11.3 Å². The summed E-state index contributed by atoms with van der Waals surface area (Å²) in [4.78, 5) is 23.0. The number of carboxylic acid groups (broad SMARTS) is 1. The first kappa shape index (κ1) is 16.2. The van der Waals surface area contributed by atoms with Crippen LogP contribution in [0, 0.1) is 0 Å². The Kier molecular flexibility index (Phi) is 4.46. The van der Waals surface area contributed by atoms with Gasteiger partial charge < -0.3 is 5.11 Å². The lowest BCUT2D eigenvalue weighted by atomic mass is 9.97. The second-order valence-electron chi connectivity index (χ2n) is 6.30. The summed E-state index contributed by atoms with van der Waals surface area (Å²) >= 11 is 1.63. The van der Waals surface area contributed by atoms with Gasteiger partial charge in [0, 0.05) is 18.9 Å².